The van der Waals surface area contributed by atoms with Gasteiger partial charge in [0.15, 0.2) is 0 Å². The minimum atomic E-state index is -0.910. The summed E-state index contributed by atoms with van der Waals surface area (Å²) in [6, 6.07) is 11.7. The predicted molar refractivity (Wildman–Crippen MR) is 114 cm³/mol. The van der Waals surface area contributed by atoms with Crippen molar-refractivity contribution in [3.8, 4) is 0 Å². The van der Waals surface area contributed by atoms with Gasteiger partial charge in [-0.3, -0.25) is 14.6 Å². The molecule has 2 heterocycles. The summed E-state index contributed by atoms with van der Waals surface area (Å²) >= 11 is 0. The molecule has 0 spiro atoms. The van der Waals surface area contributed by atoms with E-state index in [1.54, 1.807) is 20.8 Å². The molecule has 0 unspecified atom stereocenters. The fourth-order valence-electron chi connectivity index (χ4n) is 3.57. The number of halogens is 1. The highest BCUT2D eigenvalue weighted by Crippen LogP contribution is 2.24. The van der Waals surface area contributed by atoms with Gasteiger partial charge >= 0.3 is 12.1 Å². The molecule has 170 valence electrons. The number of carbonyl (C=O) groups is 3. The zero-order valence-corrected chi connectivity index (χ0v) is 18.4. The van der Waals surface area contributed by atoms with Crippen LogP contribution in [0.2, 0.25) is 0 Å². The van der Waals surface area contributed by atoms with Crippen LogP contribution in [0.4, 0.5) is 9.18 Å². The lowest BCUT2D eigenvalue weighted by molar-refractivity contribution is -0.158. The lowest BCUT2D eigenvalue weighted by Crippen LogP contribution is -2.45. The number of hydrogen-bond donors (Lipinski definition) is 0. The Hall–Kier alpha value is -3.29. The maximum Gasteiger partial charge on any atom is 0.416 e. The Morgan fingerprint density at radius 2 is 1.94 bits per heavy atom. The predicted octanol–water partition coefficient (Wildman–Crippen LogP) is 3.70. The first-order chi connectivity index (χ1) is 15.1. The molecule has 32 heavy (non-hydrogen) atoms. The van der Waals surface area contributed by atoms with E-state index in [0.717, 1.165) is 16.7 Å². The van der Waals surface area contributed by atoms with Crippen molar-refractivity contribution in [3.05, 3.63) is 65.7 Å². The molecule has 1 aliphatic heterocycles. The molecule has 2 atom stereocenters. The number of cyclic esters (lactones) is 1. The second-order valence-electron chi connectivity index (χ2n) is 8.79. The molecule has 1 aromatic heterocycles. The third-order valence-electron chi connectivity index (χ3n) is 4.94. The number of aromatic nitrogens is 1. The normalized spacial score (nSPS) is 17.1. The average Bonchev–Trinajstić information content (AvgIpc) is 3.08. The van der Waals surface area contributed by atoms with Crippen molar-refractivity contribution in [3.63, 3.8) is 0 Å². The van der Waals surface area contributed by atoms with Gasteiger partial charge < -0.3 is 9.47 Å². The van der Waals surface area contributed by atoms with E-state index in [2.05, 4.69) is 4.98 Å². The monoisotopic (exact) mass is 442 g/mol. The summed E-state index contributed by atoms with van der Waals surface area (Å²) < 4.78 is 23.8. The summed E-state index contributed by atoms with van der Waals surface area (Å²) in [6.45, 7) is 5.28. The highest BCUT2D eigenvalue weighted by Gasteiger charge is 2.41. The Balaban J connectivity index is 1.82. The van der Waals surface area contributed by atoms with E-state index < -0.39 is 41.3 Å². The molecule has 1 fully saturated rings. The van der Waals surface area contributed by atoms with E-state index in [0.29, 0.717) is 12.1 Å². The van der Waals surface area contributed by atoms with Gasteiger partial charge in [0.2, 0.25) is 5.91 Å². The van der Waals surface area contributed by atoms with Gasteiger partial charge in [0.25, 0.3) is 0 Å². The van der Waals surface area contributed by atoms with Crippen molar-refractivity contribution in [2.24, 2.45) is 5.92 Å². The molecule has 0 bridgehead atoms. The van der Waals surface area contributed by atoms with Gasteiger partial charge in [0.05, 0.1) is 24.6 Å². The number of ether oxygens (including phenoxy) is 2. The van der Waals surface area contributed by atoms with Gasteiger partial charge in [-0.1, -0.05) is 30.3 Å². The van der Waals surface area contributed by atoms with E-state index in [1.165, 1.54) is 12.1 Å². The topological polar surface area (TPSA) is 85.8 Å². The Labute approximate surface area is 186 Å². The first-order valence-corrected chi connectivity index (χ1v) is 10.5. The molecule has 1 saturated heterocycles. The average molecular weight is 442 g/mol. The summed E-state index contributed by atoms with van der Waals surface area (Å²) in [6.07, 6.45) is 0.563. The highest BCUT2D eigenvalue weighted by molar-refractivity contribution is 5.96. The van der Waals surface area contributed by atoms with Crippen LogP contribution in [0.1, 0.15) is 38.4 Å². The largest absolute Gasteiger partial charge is 0.460 e. The Morgan fingerprint density at radius 1 is 1.22 bits per heavy atom. The molecular weight excluding hydrogens is 415 g/mol. The van der Waals surface area contributed by atoms with Crippen molar-refractivity contribution in [2.75, 3.05) is 6.61 Å². The number of hydrogen-bond acceptors (Lipinski definition) is 6. The van der Waals surface area contributed by atoms with Crippen LogP contribution in [0.15, 0.2) is 48.7 Å². The van der Waals surface area contributed by atoms with Crippen molar-refractivity contribution >= 4 is 18.0 Å². The zero-order valence-electron chi connectivity index (χ0n) is 18.4. The molecule has 0 radical (unpaired) electrons. The van der Waals surface area contributed by atoms with Gasteiger partial charge in [-0.15, -0.1) is 0 Å². The number of benzene rings is 1. The molecule has 2 aromatic rings. The van der Waals surface area contributed by atoms with Gasteiger partial charge in [-0.05, 0) is 44.9 Å². The smallest absolute Gasteiger partial charge is 0.416 e. The molecule has 0 saturated carbocycles. The molecule has 1 aromatic carbocycles. The number of amides is 2. The Bertz CT molecular complexity index is 957. The molecule has 2 amide bonds. The van der Waals surface area contributed by atoms with Gasteiger partial charge in [-0.2, -0.15) is 0 Å². The quantitative estimate of drug-likeness (QED) is 0.608. The Kier molecular flexibility index (Phi) is 7.22. The van der Waals surface area contributed by atoms with Crippen molar-refractivity contribution in [1.82, 2.24) is 9.88 Å². The number of esters is 1. The van der Waals surface area contributed by atoms with Gasteiger partial charge in [-0.25, -0.2) is 14.1 Å². The van der Waals surface area contributed by atoms with Crippen LogP contribution in [-0.2, 0) is 31.9 Å². The van der Waals surface area contributed by atoms with Crippen LogP contribution in [-0.4, -0.2) is 46.1 Å². The zero-order chi connectivity index (χ0) is 23.3. The molecule has 0 aliphatic carbocycles. The minimum absolute atomic E-state index is 0.0557. The number of nitrogens with zero attached hydrogens (tertiary/aromatic N) is 2. The number of carbonyl (C=O) groups excluding carboxylic acids is 3. The summed E-state index contributed by atoms with van der Waals surface area (Å²) in [5.41, 5.74) is 0.666. The highest BCUT2D eigenvalue weighted by atomic mass is 19.1. The second kappa shape index (κ2) is 9.89. The molecule has 7 nitrogen and oxygen atoms in total. The second-order valence-corrected chi connectivity index (χ2v) is 8.79. The third kappa shape index (κ3) is 6.35. The van der Waals surface area contributed by atoms with Crippen LogP contribution < -0.4 is 0 Å². The van der Waals surface area contributed by atoms with Gasteiger partial charge in [0.1, 0.15) is 18.0 Å². The standard InChI is InChI=1S/C24H27FN2O5/c1-24(2,3)32-21(28)13-17(12-19-10-9-18(25)14-26-19)22(29)27-20(15-31-23(27)30)11-16-7-5-4-6-8-16/h4-10,14,17,20H,11-13,15H2,1-3H3/t17-,20-/m1/s1. The molecule has 8 heteroatoms. The lowest BCUT2D eigenvalue weighted by Gasteiger charge is -2.26. The number of imide groups is 1. The van der Waals surface area contributed by atoms with Crippen LogP contribution in [0, 0.1) is 11.7 Å². The van der Waals surface area contributed by atoms with Crippen molar-refractivity contribution in [2.45, 2.75) is 51.7 Å². The van der Waals surface area contributed by atoms with Crippen LogP contribution in [0.3, 0.4) is 0 Å². The summed E-state index contributed by atoms with van der Waals surface area (Å²) in [5, 5.41) is 0. The van der Waals surface area contributed by atoms with Crippen LogP contribution >= 0.6 is 0 Å². The van der Waals surface area contributed by atoms with E-state index >= 15 is 0 Å². The van der Waals surface area contributed by atoms with Gasteiger partial charge in [0, 0.05) is 12.1 Å². The first-order valence-electron chi connectivity index (χ1n) is 10.5. The van der Waals surface area contributed by atoms with E-state index in [9.17, 15) is 18.8 Å². The SMILES string of the molecule is CC(C)(C)OC(=O)C[C@@H](Cc1ccc(F)cn1)C(=O)N1C(=O)OC[C@H]1Cc1ccccc1. The van der Waals surface area contributed by atoms with Crippen molar-refractivity contribution < 1.29 is 28.2 Å². The molecule has 3 rings (SSSR count). The summed E-state index contributed by atoms with van der Waals surface area (Å²) in [4.78, 5) is 43.5. The first kappa shape index (κ1) is 23.4. The lowest BCUT2D eigenvalue weighted by atomic mass is 9.95. The number of pyridine rings is 1. The van der Waals surface area contributed by atoms with E-state index in [-0.39, 0.29) is 19.4 Å². The number of rotatable bonds is 7. The maximum atomic E-state index is 13.4. The summed E-state index contributed by atoms with van der Waals surface area (Å²) in [5.74, 6) is -2.52. The molecule has 0 N–H and O–H groups in total. The third-order valence-corrected chi connectivity index (χ3v) is 4.94. The summed E-state index contributed by atoms with van der Waals surface area (Å²) in [7, 11) is 0. The van der Waals surface area contributed by atoms with E-state index in [4.69, 9.17) is 9.47 Å². The Morgan fingerprint density at radius 3 is 2.56 bits per heavy atom. The molecular formula is C24H27FN2O5. The molecule has 1 aliphatic rings. The van der Waals surface area contributed by atoms with E-state index in [1.807, 2.05) is 30.3 Å². The fraction of sp³-hybridized carbons (Fsp3) is 0.417. The van der Waals surface area contributed by atoms with Crippen molar-refractivity contribution in [1.29, 1.82) is 0 Å². The minimum Gasteiger partial charge on any atom is -0.460 e. The fourth-order valence-corrected chi connectivity index (χ4v) is 3.57. The van der Waals surface area contributed by atoms with Crippen LogP contribution in [0.25, 0.3) is 0 Å². The maximum absolute atomic E-state index is 13.4. The van der Waals surface area contributed by atoms with Crippen LogP contribution in [0.5, 0.6) is 0 Å².